The molecule has 6 heteroatoms. The molecule has 0 bridgehead atoms. The highest BCUT2D eigenvalue weighted by molar-refractivity contribution is 14.1. The summed E-state index contributed by atoms with van der Waals surface area (Å²) in [4.78, 5) is 11.1. The highest BCUT2D eigenvalue weighted by Gasteiger charge is 2.67. The van der Waals surface area contributed by atoms with Gasteiger partial charge in [-0.1, -0.05) is 43.4 Å². The molecule has 5 nitrogen and oxygen atoms in total. The zero-order chi connectivity index (χ0) is 22.0. The average Bonchev–Trinajstić information content (AvgIpc) is 3.01. The van der Waals surface area contributed by atoms with Crippen molar-refractivity contribution in [2.45, 2.75) is 94.4 Å². The molecule has 0 aromatic rings. The Morgan fingerprint density at radius 1 is 1.03 bits per heavy atom. The largest absolute Gasteiger partial charge is 0.481 e. The second-order valence-corrected chi connectivity index (χ2v) is 13.0. The van der Waals surface area contributed by atoms with E-state index in [4.69, 9.17) is 5.11 Å². The molecule has 4 N–H and O–H groups in total. The van der Waals surface area contributed by atoms with Gasteiger partial charge in [-0.2, -0.15) is 0 Å². The molecule has 12 atom stereocenters. The number of rotatable bonds is 4. The number of carboxylic acid groups (broad SMARTS) is 1. The van der Waals surface area contributed by atoms with Gasteiger partial charge in [-0.3, -0.25) is 4.79 Å². The number of aliphatic carboxylic acids is 1. The lowest BCUT2D eigenvalue weighted by Gasteiger charge is -2.64. The predicted octanol–water partition coefficient (Wildman–Crippen LogP) is 3.86. The van der Waals surface area contributed by atoms with E-state index in [1.807, 2.05) is 0 Å². The molecule has 0 saturated heterocycles. The maximum absolute atomic E-state index is 11.6. The maximum Gasteiger partial charge on any atom is 0.303 e. The Bertz CT molecular complexity index is 672. The number of hydrogen-bond acceptors (Lipinski definition) is 4. The molecule has 0 aromatic carbocycles. The fourth-order valence-corrected chi connectivity index (χ4v) is 10.3. The van der Waals surface area contributed by atoms with Gasteiger partial charge in [0.1, 0.15) is 0 Å². The van der Waals surface area contributed by atoms with E-state index >= 15 is 0 Å². The number of hydrogen-bond donors (Lipinski definition) is 4. The van der Waals surface area contributed by atoms with Crippen molar-refractivity contribution in [3.63, 3.8) is 0 Å². The van der Waals surface area contributed by atoms with Crippen molar-refractivity contribution in [3.05, 3.63) is 0 Å². The van der Waals surface area contributed by atoms with Gasteiger partial charge in [0.25, 0.3) is 0 Å². The van der Waals surface area contributed by atoms with Crippen LogP contribution in [0.3, 0.4) is 0 Å². The van der Waals surface area contributed by atoms with E-state index < -0.39 is 12.1 Å². The minimum atomic E-state index is -0.750. The quantitative estimate of drug-likeness (QED) is 0.325. The number of halogens is 1. The Labute approximate surface area is 194 Å². The lowest BCUT2D eigenvalue weighted by molar-refractivity contribution is -0.203. The summed E-state index contributed by atoms with van der Waals surface area (Å²) in [5.41, 5.74) is -0.211. The first-order valence-corrected chi connectivity index (χ1v) is 13.2. The number of fused-ring (bicyclic) bond motifs is 5. The third-order valence-electron chi connectivity index (χ3n) is 10.4. The van der Waals surface area contributed by atoms with Gasteiger partial charge >= 0.3 is 5.97 Å². The van der Waals surface area contributed by atoms with Gasteiger partial charge in [0.2, 0.25) is 0 Å². The molecule has 4 aliphatic carbocycles. The van der Waals surface area contributed by atoms with E-state index in [2.05, 4.69) is 43.4 Å². The normalized spacial score (nSPS) is 54.0. The fourth-order valence-electron chi connectivity index (χ4n) is 8.71. The van der Waals surface area contributed by atoms with Crippen LogP contribution in [0.5, 0.6) is 0 Å². The van der Waals surface area contributed by atoms with Crippen LogP contribution < -0.4 is 0 Å². The summed E-state index contributed by atoms with van der Waals surface area (Å²) in [6.45, 7) is 6.74. The predicted molar refractivity (Wildman–Crippen MR) is 123 cm³/mol. The number of carbonyl (C=O) groups is 1. The van der Waals surface area contributed by atoms with Gasteiger partial charge in [0.05, 0.1) is 18.3 Å². The van der Waals surface area contributed by atoms with Crippen molar-refractivity contribution < 1.29 is 25.2 Å². The lowest BCUT2D eigenvalue weighted by Crippen LogP contribution is -2.64. The fraction of sp³-hybridized carbons (Fsp3) is 0.958. The van der Waals surface area contributed by atoms with Crippen molar-refractivity contribution in [1.29, 1.82) is 0 Å². The van der Waals surface area contributed by atoms with Crippen LogP contribution in [0, 0.1) is 46.3 Å². The molecule has 172 valence electrons. The van der Waals surface area contributed by atoms with Crippen LogP contribution in [-0.2, 0) is 4.79 Å². The molecule has 0 aliphatic heterocycles. The van der Waals surface area contributed by atoms with E-state index in [1.165, 1.54) is 0 Å². The molecule has 0 amide bonds. The zero-order valence-corrected chi connectivity index (χ0v) is 20.7. The molecule has 4 aliphatic rings. The summed E-state index contributed by atoms with van der Waals surface area (Å²) in [6.07, 6.45) is 4.86. The van der Waals surface area contributed by atoms with Gasteiger partial charge in [-0.15, -0.1) is 0 Å². The molecule has 4 saturated carbocycles. The lowest BCUT2D eigenvalue weighted by atomic mass is 9.43. The number of alkyl halides is 1. The third kappa shape index (κ3) is 3.38. The highest BCUT2D eigenvalue weighted by atomic mass is 127. The minimum absolute atomic E-state index is 0.0407. The summed E-state index contributed by atoms with van der Waals surface area (Å²) < 4.78 is 0.354. The first-order chi connectivity index (χ1) is 14.0. The molecular formula is C24H39IO5. The van der Waals surface area contributed by atoms with E-state index in [0.717, 1.165) is 38.5 Å². The van der Waals surface area contributed by atoms with Crippen LogP contribution in [0.4, 0.5) is 0 Å². The van der Waals surface area contributed by atoms with Crippen molar-refractivity contribution in [1.82, 2.24) is 0 Å². The molecule has 30 heavy (non-hydrogen) atoms. The molecule has 12 unspecified atom stereocenters. The summed E-state index contributed by atoms with van der Waals surface area (Å²) in [5.74, 6) is 0.882. The Kier molecular flexibility index (Phi) is 6.31. The Morgan fingerprint density at radius 2 is 1.73 bits per heavy atom. The molecule has 0 spiro atoms. The summed E-state index contributed by atoms with van der Waals surface area (Å²) in [6, 6.07) is 0. The van der Waals surface area contributed by atoms with Gasteiger partial charge in [-0.05, 0) is 91.3 Å². The molecular weight excluding hydrogens is 495 g/mol. The van der Waals surface area contributed by atoms with Crippen molar-refractivity contribution in [2.75, 3.05) is 0 Å². The molecule has 0 heterocycles. The summed E-state index contributed by atoms with van der Waals surface area (Å²) in [7, 11) is 0. The van der Waals surface area contributed by atoms with Crippen molar-refractivity contribution >= 4 is 28.6 Å². The minimum Gasteiger partial charge on any atom is -0.481 e. The van der Waals surface area contributed by atoms with Crippen LogP contribution in [0.25, 0.3) is 0 Å². The van der Waals surface area contributed by atoms with Crippen LogP contribution in [0.15, 0.2) is 0 Å². The van der Waals surface area contributed by atoms with Gasteiger partial charge < -0.3 is 20.4 Å². The first-order valence-electron chi connectivity index (χ1n) is 11.9. The standard InChI is InChI=1S/C24H39IO5/c1-12(4-7-21(29)30)15-5-6-16-22-17(11-20(28)24(15,16)3)23(2)13(9-18(22)27)8-14(26)10-19(23)25/h12-20,22,26-28H,4-11H2,1-3H3,(H,29,30). The Hall–Kier alpha value is 0.0800. The highest BCUT2D eigenvalue weighted by Crippen LogP contribution is 2.69. The maximum atomic E-state index is 11.6. The Morgan fingerprint density at radius 3 is 2.40 bits per heavy atom. The second-order valence-electron chi connectivity index (χ2n) is 11.5. The molecule has 0 radical (unpaired) electrons. The van der Waals surface area contributed by atoms with Crippen LogP contribution in [-0.4, -0.2) is 48.6 Å². The van der Waals surface area contributed by atoms with Gasteiger partial charge in [0.15, 0.2) is 0 Å². The SMILES string of the molecule is CC(CCC(=O)O)C1CCC2C3C(O)CC4CC(O)CC(I)C4(C)C3CC(O)C12C. The number of aliphatic hydroxyl groups excluding tert-OH is 3. The van der Waals surface area contributed by atoms with Gasteiger partial charge in [0, 0.05) is 10.3 Å². The second kappa shape index (κ2) is 8.14. The monoisotopic (exact) mass is 534 g/mol. The topological polar surface area (TPSA) is 98.0 Å². The van der Waals surface area contributed by atoms with Crippen molar-refractivity contribution in [2.24, 2.45) is 46.3 Å². The molecule has 4 fully saturated rings. The number of aliphatic hydroxyl groups is 3. The average molecular weight is 534 g/mol. The molecule has 0 aromatic heterocycles. The summed E-state index contributed by atoms with van der Waals surface area (Å²) in [5, 5.41) is 42.4. The van der Waals surface area contributed by atoms with Crippen LogP contribution in [0.2, 0.25) is 0 Å². The van der Waals surface area contributed by atoms with E-state index in [9.17, 15) is 20.1 Å². The third-order valence-corrected chi connectivity index (χ3v) is 12.2. The zero-order valence-electron chi connectivity index (χ0n) is 18.5. The van der Waals surface area contributed by atoms with Gasteiger partial charge in [-0.25, -0.2) is 0 Å². The van der Waals surface area contributed by atoms with E-state index in [0.29, 0.717) is 22.2 Å². The van der Waals surface area contributed by atoms with E-state index in [1.54, 1.807) is 0 Å². The molecule has 4 rings (SSSR count). The summed E-state index contributed by atoms with van der Waals surface area (Å²) >= 11 is 2.52. The van der Waals surface area contributed by atoms with Crippen LogP contribution >= 0.6 is 22.6 Å². The van der Waals surface area contributed by atoms with E-state index in [-0.39, 0.29) is 53.1 Å². The number of carboxylic acids is 1. The Balaban J connectivity index is 1.63. The smallest absolute Gasteiger partial charge is 0.303 e. The van der Waals surface area contributed by atoms with Crippen LogP contribution in [0.1, 0.15) is 72.1 Å². The van der Waals surface area contributed by atoms with Crippen molar-refractivity contribution in [3.8, 4) is 0 Å². The first kappa shape index (κ1) is 23.2.